The van der Waals surface area contributed by atoms with Crippen molar-refractivity contribution >= 4 is 5.97 Å². The predicted octanol–water partition coefficient (Wildman–Crippen LogP) is 11.0. The molecule has 2 fully saturated rings. The summed E-state index contributed by atoms with van der Waals surface area (Å²) in [7, 11) is 3.08. The molecule has 9 unspecified atom stereocenters. The van der Waals surface area contributed by atoms with Crippen molar-refractivity contribution in [3.05, 3.63) is 220 Å². The molecule has 0 saturated carbocycles. The number of nitrogens with one attached hydrogen (secondary N) is 1. The molecule has 0 radical (unpaired) electrons. The third kappa shape index (κ3) is 12.1. The zero-order valence-corrected chi connectivity index (χ0v) is 44.0. The molecular formula is C64H63F2NO12. The van der Waals surface area contributed by atoms with Crippen LogP contribution in [0.15, 0.2) is 176 Å². The molecule has 15 heteroatoms. The number of alkyl halides is 2. The van der Waals surface area contributed by atoms with E-state index < -0.39 is 72.8 Å². The molecule has 2 saturated heterocycles. The van der Waals surface area contributed by atoms with Gasteiger partial charge in [-0.2, -0.15) is 0 Å². The third-order valence-corrected chi connectivity index (χ3v) is 15.1. The number of cyclic esters (lactones) is 1. The molecule has 9 atom stereocenters. The van der Waals surface area contributed by atoms with Crippen molar-refractivity contribution in [2.75, 3.05) is 40.8 Å². The van der Waals surface area contributed by atoms with E-state index in [-0.39, 0.29) is 53.0 Å². The van der Waals surface area contributed by atoms with Gasteiger partial charge in [-0.05, 0) is 68.8 Å². The lowest BCUT2D eigenvalue weighted by Gasteiger charge is -2.48. The van der Waals surface area contributed by atoms with Crippen LogP contribution in [0.1, 0.15) is 56.5 Å². The van der Waals surface area contributed by atoms with Crippen LogP contribution in [0.25, 0.3) is 0 Å². The van der Waals surface area contributed by atoms with Gasteiger partial charge >= 0.3 is 5.97 Å². The van der Waals surface area contributed by atoms with Crippen LogP contribution >= 0.6 is 0 Å². The summed E-state index contributed by atoms with van der Waals surface area (Å²) >= 11 is 0. The van der Waals surface area contributed by atoms with Gasteiger partial charge in [0, 0.05) is 17.9 Å². The first kappa shape index (κ1) is 53.6. The van der Waals surface area contributed by atoms with E-state index in [0.29, 0.717) is 45.4 Å². The molecule has 410 valence electrons. The molecule has 0 aromatic heterocycles. The van der Waals surface area contributed by atoms with Gasteiger partial charge in [0.05, 0.1) is 66.3 Å². The second kappa shape index (κ2) is 24.7. The summed E-state index contributed by atoms with van der Waals surface area (Å²) < 4.78 is 106. The molecule has 1 aliphatic carbocycles. The van der Waals surface area contributed by atoms with Gasteiger partial charge in [-0.15, -0.1) is 0 Å². The van der Waals surface area contributed by atoms with Crippen molar-refractivity contribution in [1.29, 1.82) is 0 Å². The minimum atomic E-state index is -3.67. The number of halogens is 2. The first-order valence-corrected chi connectivity index (χ1v) is 26.6. The highest BCUT2D eigenvalue weighted by atomic mass is 19.3. The van der Waals surface area contributed by atoms with E-state index in [4.69, 9.17) is 52.1 Å². The average molecular weight is 1080 g/mol. The Kier molecular flexibility index (Phi) is 16.8. The summed E-state index contributed by atoms with van der Waals surface area (Å²) in [6.45, 7) is -0.446. The number of fused-ring (bicyclic) bond motifs is 3. The highest BCUT2D eigenvalue weighted by Gasteiger charge is 2.59. The maximum absolute atomic E-state index is 18.3. The van der Waals surface area contributed by atoms with Crippen molar-refractivity contribution in [3.63, 3.8) is 0 Å². The van der Waals surface area contributed by atoms with Crippen molar-refractivity contribution < 1.29 is 65.7 Å². The number of hydrogen-bond donors (Lipinski definition) is 1. The zero-order valence-electron chi connectivity index (χ0n) is 44.0. The van der Waals surface area contributed by atoms with Crippen molar-refractivity contribution in [2.45, 2.75) is 81.4 Å². The predicted molar refractivity (Wildman–Crippen MR) is 288 cm³/mol. The van der Waals surface area contributed by atoms with Crippen LogP contribution in [0, 0.1) is 11.8 Å². The van der Waals surface area contributed by atoms with Crippen LogP contribution in [0.3, 0.4) is 0 Å². The minimum Gasteiger partial charge on any atom is -0.493 e. The molecular weight excluding hydrogens is 1010 g/mol. The summed E-state index contributed by atoms with van der Waals surface area (Å²) in [6, 6.07) is 54.3. The highest BCUT2D eigenvalue weighted by molar-refractivity contribution is 5.79. The largest absolute Gasteiger partial charge is 0.493 e. The number of esters is 1. The van der Waals surface area contributed by atoms with Gasteiger partial charge in [0.15, 0.2) is 29.1 Å². The quantitative estimate of drug-likeness (QED) is 0.0611. The summed E-state index contributed by atoms with van der Waals surface area (Å²) in [4.78, 5) is 14.3. The molecule has 4 aliphatic rings. The Morgan fingerprint density at radius 3 is 1.58 bits per heavy atom. The molecule has 11 rings (SSSR count). The van der Waals surface area contributed by atoms with Crippen LogP contribution < -0.4 is 29.0 Å². The molecule has 3 aliphatic heterocycles. The van der Waals surface area contributed by atoms with Gasteiger partial charge < -0.3 is 57.4 Å². The van der Waals surface area contributed by atoms with Crippen LogP contribution in [0.4, 0.5) is 8.78 Å². The maximum Gasteiger partial charge on any atom is 0.310 e. The molecule has 3 heterocycles. The van der Waals surface area contributed by atoms with E-state index in [0.717, 1.165) is 27.8 Å². The Labute approximate surface area is 458 Å². The van der Waals surface area contributed by atoms with E-state index in [2.05, 4.69) is 5.32 Å². The Hall–Kier alpha value is -7.37. The molecule has 0 bridgehead atoms. The molecule has 0 amide bonds. The van der Waals surface area contributed by atoms with E-state index in [1.807, 2.05) is 176 Å². The number of carbonyl (C=O) groups excluding carboxylic acids is 1. The fourth-order valence-electron chi connectivity index (χ4n) is 11.3. The number of hydrogen-bond acceptors (Lipinski definition) is 13. The van der Waals surface area contributed by atoms with Gasteiger partial charge in [0.1, 0.15) is 31.0 Å². The zero-order chi connectivity index (χ0) is 54.1. The van der Waals surface area contributed by atoms with Gasteiger partial charge in [0.25, 0.3) is 5.92 Å². The van der Waals surface area contributed by atoms with Crippen LogP contribution in [-0.4, -0.2) is 83.2 Å². The van der Waals surface area contributed by atoms with E-state index in [1.54, 1.807) is 0 Å². The number of benzene rings is 7. The van der Waals surface area contributed by atoms with E-state index in [9.17, 15) is 4.79 Å². The number of carbonyl (C=O) groups is 1. The lowest BCUT2D eigenvalue weighted by Crippen LogP contribution is -2.66. The van der Waals surface area contributed by atoms with Crippen LogP contribution in [0.2, 0.25) is 0 Å². The van der Waals surface area contributed by atoms with Crippen molar-refractivity contribution in [1.82, 2.24) is 5.32 Å². The number of methoxy groups -OCH3 is 2. The lowest BCUT2D eigenvalue weighted by atomic mass is 9.65. The summed E-state index contributed by atoms with van der Waals surface area (Å²) in [5.74, 6) is -4.19. The van der Waals surface area contributed by atoms with Gasteiger partial charge in [-0.1, -0.05) is 152 Å². The van der Waals surface area contributed by atoms with Crippen molar-refractivity contribution in [3.8, 4) is 28.7 Å². The Balaban J connectivity index is 0.945. The number of ether oxygens (including phenoxy) is 11. The Morgan fingerprint density at radius 2 is 1.05 bits per heavy atom. The fourth-order valence-corrected chi connectivity index (χ4v) is 11.3. The van der Waals surface area contributed by atoms with Crippen LogP contribution in [0.5, 0.6) is 28.7 Å². The molecule has 13 nitrogen and oxygen atoms in total. The Morgan fingerprint density at radius 1 is 0.570 bits per heavy atom. The SMILES string of the molecule is COc1cc(C2c3cc4c(cc3C(NCC(F)(F)C3OC(COCc5ccccc5)C(OCc5ccccc5)C(OCc5ccccc5)C3OCc3ccccc3)C3COC(=O)C23)OCO4)cc(OC)c1OCc1ccccc1. The molecule has 79 heavy (non-hydrogen) atoms. The summed E-state index contributed by atoms with van der Waals surface area (Å²) in [5.41, 5.74) is 6.29. The molecule has 7 aromatic carbocycles. The van der Waals surface area contributed by atoms with E-state index in [1.165, 1.54) is 14.2 Å². The second-order valence-electron chi connectivity index (χ2n) is 20.2. The number of rotatable bonds is 23. The Bertz CT molecular complexity index is 3080. The standard InChI is InChI=1S/C64H63F2NO12/c1-69-52-28-46(29-53(70-2)58(52)72-33-42-20-10-4-11-21-42)55-47-30-50-51(78-40-77-50)31-48(47)57(49-37-76-63(68)56(49)55)67-39-64(65,66)62-61(75-36-45-26-16-7-17-27-45)60(74-35-44-24-14-6-15-25-44)59(73-34-43-22-12-5-13-23-43)54(79-62)38-71-32-41-18-8-3-9-19-41/h3-31,49,54-57,59-62,67H,32-40H2,1-2H3. The van der Waals surface area contributed by atoms with Gasteiger partial charge in [-0.3, -0.25) is 4.79 Å². The topological polar surface area (TPSA) is 131 Å². The average Bonchev–Trinajstić information content (AvgIpc) is 4.36. The second-order valence-corrected chi connectivity index (χ2v) is 20.2. The van der Waals surface area contributed by atoms with Gasteiger partial charge in [-0.25, -0.2) is 8.78 Å². The van der Waals surface area contributed by atoms with Crippen LogP contribution in [-0.2, 0) is 66.3 Å². The van der Waals surface area contributed by atoms with Crippen molar-refractivity contribution in [2.24, 2.45) is 11.8 Å². The molecule has 0 spiro atoms. The first-order chi connectivity index (χ1) is 38.7. The normalized spacial score (nSPS) is 23.1. The first-order valence-electron chi connectivity index (χ1n) is 26.6. The van der Waals surface area contributed by atoms with E-state index >= 15 is 8.78 Å². The fraction of sp³-hybridized carbons (Fsp3) is 0.328. The maximum atomic E-state index is 18.3. The lowest BCUT2D eigenvalue weighted by molar-refractivity contribution is -0.309. The highest BCUT2D eigenvalue weighted by Crippen LogP contribution is 2.56. The monoisotopic (exact) mass is 1080 g/mol. The smallest absolute Gasteiger partial charge is 0.310 e. The molecule has 7 aromatic rings. The molecule has 1 N–H and O–H groups in total. The third-order valence-electron chi connectivity index (χ3n) is 15.1. The summed E-state index contributed by atoms with van der Waals surface area (Å²) in [6.07, 6.45) is -6.36. The minimum absolute atomic E-state index is 0.0237. The van der Waals surface area contributed by atoms with Gasteiger partial charge in [0.2, 0.25) is 12.5 Å². The summed E-state index contributed by atoms with van der Waals surface area (Å²) in [5, 5.41) is 3.27.